The first kappa shape index (κ1) is 13.5. The fourth-order valence-electron chi connectivity index (χ4n) is 3.13. The number of benzene rings is 1. The van der Waals surface area contributed by atoms with Crippen molar-refractivity contribution in [2.45, 2.75) is 38.0 Å². The number of hydrogen-bond acceptors (Lipinski definition) is 4. The van der Waals surface area contributed by atoms with Gasteiger partial charge in [0.15, 0.2) is 0 Å². The molecule has 0 bridgehead atoms. The van der Waals surface area contributed by atoms with Gasteiger partial charge >= 0.3 is 0 Å². The molecule has 114 valence electrons. The van der Waals surface area contributed by atoms with Crippen molar-refractivity contribution >= 4 is 6.20 Å². The van der Waals surface area contributed by atoms with Crippen molar-refractivity contribution in [3.63, 3.8) is 0 Å². The summed E-state index contributed by atoms with van der Waals surface area (Å²) in [4.78, 5) is 7.28. The predicted octanol–water partition coefficient (Wildman–Crippen LogP) is 0.596. The van der Waals surface area contributed by atoms with Crippen LogP contribution in [-0.2, 0) is 7.05 Å². The molecule has 1 aromatic carbocycles. The van der Waals surface area contributed by atoms with Crippen LogP contribution in [0.2, 0.25) is 0 Å². The SMILES string of the molecule is CC(N)[C@@H]1N=c2cccc(-c3cnn(C)c3)c2=CN1C1CC1. The monoisotopic (exact) mass is 295 g/mol. The molecule has 5 nitrogen and oxygen atoms in total. The van der Waals surface area contributed by atoms with Crippen LogP contribution in [0.15, 0.2) is 35.6 Å². The lowest BCUT2D eigenvalue weighted by Gasteiger charge is -2.32. The minimum atomic E-state index is 0.0204. The third-order valence-corrected chi connectivity index (χ3v) is 4.39. The van der Waals surface area contributed by atoms with Gasteiger partial charge in [0.2, 0.25) is 0 Å². The van der Waals surface area contributed by atoms with E-state index >= 15 is 0 Å². The first-order valence-corrected chi connectivity index (χ1v) is 7.84. The summed E-state index contributed by atoms with van der Waals surface area (Å²) in [6, 6.07) is 6.88. The summed E-state index contributed by atoms with van der Waals surface area (Å²) in [6.45, 7) is 2.04. The van der Waals surface area contributed by atoms with Crippen LogP contribution in [0.5, 0.6) is 0 Å². The second kappa shape index (κ2) is 4.95. The molecule has 0 amide bonds. The Morgan fingerprint density at radius 1 is 1.32 bits per heavy atom. The van der Waals surface area contributed by atoms with E-state index in [1.165, 1.54) is 23.6 Å². The van der Waals surface area contributed by atoms with Gasteiger partial charge in [-0.15, -0.1) is 0 Å². The van der Waals surface area contributed by atoms with E-state index in [2.05, 4.69) is 34.4 Å². The number of rotatable bonds is 3. The van der Waals surface area contributed by atoms with E-state index in [4.69, 9.17) is 10.7 Å². The van der Waals surface area contributed by atoms with E-state index in [-0.39, 0.29) is 12.2 Å². The van der Waals surface area contributed by atoms with Gasteiger partial charge in [-0.1, -0.05) is 12.1 Å². The maximum Gasteiger partial charge on any atom is 0.136 e. The van der Waals surface area contributed by atoms with Gasteiger partial charge < -0.3 is 10.6 Å². The molecule has 1 unspecified atom stereocenters. The zero-order chi connectivity index (χ0) is 15.3. The summed E-state index contributed by atoms with van der Waals surface area (Å²) >= 11 is 0. The van der Waals surface area contributed by atoms with Gasteiger partial charge in [0.05, 0.1) is 11.6 Å². The summed E-state index contributed by atoms with van der Waals surface area (Å²) in [5, 5.41) is 6.50. The van der Waals surface area contributed by atoms with E-state index in [1.54, 1.807) is 0 Å². The lowest BCUT2D eigenvalue weighted by atomic mass is 10.0. The van der Waals surface area contributed by atoms with Gasteiger partial charge in [0, 0.05) is 42.3 Å². The standard InChI is InChI=1S/C17H21N5/c1-11(18)17-20-16-5-3-4-14(12-8-19-21(2)9-12)15(16)10-22(17)13-6-7-13/h3-5,8-11,13,17H,6-7,18H2,1-2H3/t11?,17-/m1/s1. The minimum Gasteiger partial charge on any atom is -0.351 e. The van der Waals surface area contributed by atoms with Crippen LogP contribution in [0.1, 0.15) is 19.8 Å². The van der Waals surface area contributed by atoms with Crippen molar-refractivity contribution in [1.82, 2.24) is 14.7 Å². The Hall–Kier alpha value is -2.14. The Morgan fingerprint density at radius 2 is 2.14 bits per heavy atom. The second-order valence-electron chi connectivity index (χ2n) is 6.35. The third-order valence-electron chi connectivity index (χ3n) is 4.39. The molecule has 0 spiro atoms. The van der Waals surface area contributed by atoms with Crippen molar-refractivity contribution in [3.05, 3.63) is 41.2 Å². The van der Waals surface area contributed by atoms with Crippen molar-refractivity contribution in [3.8, 4) is 11.1 Å². The molecule has 1 aliphatic carbocycles. The Balaban J connectivity index is 1.91. The molecule has 2 atom stereocenters. The molecular weight excluding hydrogens is 274 g/mol. The highest BCUT2D eigenvalue weighted by molar-refractivity contribution is 5.63. The molecule has 2 heterocycles. The van der Waals surface area contributed by atoms with E-state index in [0.717, 1.165) is 10.9 Å². The van der Waals surface area contributed by atoms with E-state index < -0.39 is 0 Å². The molecule has 2 N–H and O–H groups in total. The van der Waals surface area contributed by atoms with E-state index in [9.17, 15) is 0 Å². The smallest absolute Gasteiger partial charge is 0.136 e. The fraction of sp³-hybridized carbons (Fsp3) is 0.412. The first-order chi connectivity index (χ1) is 10.6. The molecule has 5 heteroatoms. The average molecular weight is 295 g/mol. The van der Waals surface area contributed by atoms with Crippen LogP contribution in [0.4, 0.5) is 0 Å². The number of nitrogens with zero attached hydrogens (tertiary/aromatic N) is 4. The minimum absolute atomic E-state index is 0.0204. The number of fused-ring (bicyclic) bond motifs is 1. The summed E-state index contributed by atoms with van der Waals surface area (Å²) in [5.74, 6) is 0. The van der Waals surface area contributed by atoms with Crippen LogP contribution >= 0.6 is 0 Å². The predicted molar refractivity (Wildman–Crippen MR) is 86.2 cm³/mol. The second-order valence-corrected chi connectivity index (χ2v) is 6.35. The molecular formula is C17H21N5. The Labute approximate surface area is 129 Å². The normalized spacial score (nSPS) is 21.8. The molecule has 0 radical (unpaired) electrons. The zero-order valence-corrected chi connectivity index (χ0v) is 13.0. The number of aryl methyl sites for hydroxylation is 1. The van der Waals surface area contributed by atoms with Crippen LogP contribution in [0, 0.1) is 0 Å². The summed E-state index contributed by atoms with van der Waals surface area (Å²) in [7, 11) is 1.94. The van der Waals surface area contributed by atoms with E-state index in [1.807, 2.05) is 31.0 Å². The summed E-state index contributed by atoms with van der Waals surface area (Å²) < 4.78 is 1.83. The quantitative estimate of drug-likeness (QED) is 0.902. The van der Waals surface area contributed by atoms with Crippen molar-refractivity contribution < 1.29 is 0 Å². The average Bonchev–Trinajstić information content (AvgIpc) is 3.27. The Morgan fingerprint density at radius 3 is 2.77 bits per heavy atom. The van der Waals surface area contributed by atoms with Crippen molar-refractivity contribution in [1.29, 1.82) is 0 Å². The van der Waals surface area contributed by atoms with Gasteiger partial charge in [-0.3, -0.25) is 9.67 Å². The molecule has 4 rings (SSSR count). The molecule has 1 fully saturated rings. The topological polar surface area (TPSA) is 59.4 Å². The highest BCUT2D eigenvalue weighted by Gasteiger charge is 2.34. The number of nitrogens with two attached hydrogens (primary N) is 1. The maximum atomic E-state index is 6.16. The first-order valence-electron chi connectivity index (χ1n) is 7.84. The van der Waals surface area contributed by atoms with Gasteiger partial charge in [-0.05, 0) is 31.4 Å². The summed E-state index contributed by atoms with van der Waals surface area (Å²) in [5.41, 5.74) is 8.47. The molecule has 1 aliphatic heterocycles. The largest absolute Gasteiger partial charge is 0.351 e. The van der Waals surface area contributed by atoms with Gasteiger partial charge in [0.1, 0.15) is 6.17 Å². The Bertz CT molecular complexity index is 816. The molecule has 1 saturated carbocycles. The van der Waals surface area contributed by atoms with Crippen LogP contribution < -0.4 is 16.3 Å². The Kier molecular flexibility index (Phi) is 3.04. The molecule has 22 heavy (non-hydrogen) atoms. The molecule has 0 saturated heterocycles. The third kappa shape index (κ3) is 2.22. The van der Waals surface area contributed by atoms with Crippen molar-refractivity contribution in [2.75, 3.05) is 0 Å². The number of hydrogen-bond donors (Lipinski definition) is 1. The molecule has 1 aromatic heterocycles. The van der Waals surface area contributed by atoms with Crippen molar-refractivity contribution in [2.24, 2.45) is 17.8 Å². The van der Waals surface area contributed by atoms with Gasteiger partial charge in [-0.2, -0.15) is 5.10 Å². The van der Waals surface area contributed by atoms with Crippen LogP contribution in [-0.4, -0.2) is 32.9 Å². The molecule has 2 aliphatic rings. The van der Waals surface area contributed by atoms with Crippen LogP contribution in [0.3, 0.4) is 0 Å². The highest BCUT2D eigenvalue weighted by atomic mass is 15.3. The van der Waals surface area contributed by atoms with Gasteiger partial charge in [-0.25, -0.2) is 0 Å². The zero-order valence-electron chi connectivity index (χ0n) is 13.0. The highest BCUT2D eigenvalue weighted by Crippen LogP contribution is 2.30. The van der Waals surface area contributed by atoms with E-state index in [0.29, 0.717) is 6.04 Å². The van der Waals surface area contributed by atoms with Crippen LogP contribution in [0.25, 0.3) is 17.3 Å². The molecule has 2 aromatic rings. The lowest BCUT2D eigenvalue weighted by molar-refractivity contribution is 0.261. The van der Waals surface area contributed by atoms with Gasteiger partial charge in [0.25, 0.3) is 0 Å². The lowest BCUT2D eigenvalue weighted by Crippen LogP contribution is -2.50. The number of aromatic nitrogens is 2. The fourth-order valence-corrected chi connectivity index (χ4v) is 3.13. The maximum absolute atomic E-state index is 6.16. The summed E-state index contributed by atoms with van der Waals surface area (Å²) in [6.07, 6.45) is 8.73.